The highest BCUT2D eigenvalue weighted by Gasteiger charge is 2.08. The Kier molecular flexibility index (Phi) is 4.09. The number of hydrogen-bond acceptors (Lipinski definition) is 2. The summed E-state index contributed by atoms with van der Waals surface area (Å²) in [5.41, 5.74) is 5.90. The minimum absolute atomic E-state index is 0.00737. The first kappa shape index (κ1) is 11.5. The van der Waals surface area contributed by atoms with Gasteiger partial charge in [-0.05, 0) is 30.7 Å². The molecular weight excluding hydrogens is 195 g/mol. The van der Waals surface area contributed by atoms with Crippen molar-refractivity contribution in [3.05, 3.63) is 30.1 Å². The van der Waals surface area contributed by atoms with Crippen LogP contribution < -0.4 is 11.1 Å². The summed E-state index contributed by atoms with van der Waals surface area (Å²) in [6.45, 7) is 1.96. The molecule has 0 aliphatic heterocycles. The normalized spacial score (nSPS) is 12.1. The van der Waals surface area contributed by atoms with E-state index in [2.05, 4.69) is 5.32 Å². The summed E-state index contributed by atoms with van der Waals surface area (Å²) in [6, 6.07) is 6.03. The summed E-state index contributed by atoms with van der Waals surface area (Å²) in [6.07, 6.45) is 1.08. The van der Waals surface area contributed by atoms with Crippen molar-refractivity contribution < 1.29 is 9.18 Å². The molecule has 0 unspecified atom stereocenters. The number of rotatable bonds is 5. The molecule has 0 saturated carbocycles. The second-order valence-electron chi connectivity index (χ2n) is 3.43. The topological polar surface area (TPSA) is 55.1 Å². The fourth-order valence-electron chi connectivity index (χ4n) is 1.32. The van der Waals surface area contributed by atoms with Crippen LogP contribution >= 0.6 is 0 Å². The van der Waals surface area contributed by atoms with Crippen molar-refractivity contribution in [3.63, 3.8) is 0 Å². The molecule has 0 saturated heterocycles. The lowest BCUT2D eigenvalue weighted by Crippen LogP contribution is -2.26. The lowest BCUT2D eigenvalue weighted by Gasteiger charge is -2.16. The van der Waals surface area contributed by atoms with Crippen molar-refractivity contribution in [1.82, 2.24) is 0 Å². The van der Waals surface area contributed by atoms with E-state index in [0.717, 1.165) is 12.1 Å². The van der Waals surface area contributed by atoms with Gasteiger partial charge in [0.25, 0.3) is 0 Å². The molecule has 1 rings (SSSR count). The van der Waals surface area contributed by atoms with Gasteiger partial charge >= 0.3 is 0 Å². The predicted molar refractivity (Wildman–Crippen MR) is 57.9 cm³/mol. The minimum Gasteiger partial charge on any atom is -0.382 e. The van der Waals surface area contributed by atoms with Crippen molar-refractivity contribution in [1.29, 1.82) is 0 Å². The van der Waals surface area contributed by atoms with Crippen LogP contribution in [-0.4, -0.2) is 11.9 Å². The molecule has 1 aromatic rings. The van der Waals surface area contributed by atoms with Crippen molar-refractivity contribution >= 4 is 11.6 Å². The Hall–Kier alpha value is -1.58. The number of hydrogen-bond donors (Lipinski definition) is 2. The smallest absolute Gasteiger partial charge is 0.219 e. The van der Waals surface area contributed by atoms with Crippen molar-refractivity contribution in [2.45, 2.75) is 25.8 Å². The Morgan fingerprint density at radius 2 is 2.07 bits per heavy atom. The zero-order valence-corrected chi connectivity index (χ0v) is 8.66. The van der Waals surface area contributed by atoms with Gasteiger partial charge in [0.1, 0.15) is 5.82 Å². The first-order valence-electron chi connectivity index (χ1n) is 4.92. The fraction of sp³-hybridized carbons (Fsp3) is 0.364. The van der Waals surface area contributed by atoms with Crippen molar-refractivity contribution in [2.75, 3.05) is 5.32 Å². The summed E-state index contributed by atoms with van der Waals surface area (Å²) < 4.78 is 12.6. The highest BCUT2D eigenvalue weighted by Crippen LogP contribution is 2.12. The number of anilines is 1. The Labute approximate surface area is 88.5 Å². The zero-order chi connectivity index (χ0) is 11.3. The van der Waals surface area contributed by atoms with Crippen LogP contribution in [0, 0.1) is 5.82 Å². The fourth-order valence-corrected chi connectivity index (χ4v) is 1.32. The molecule has 3 nitrogen and oxygen atoms in total. The summed E-state index contributed by atoms with van der Waals surface area (Å²) in [4.78, 5) is 10.7. The molecule has 0 aromatic heterocycles. The summed E-state index contributed by atoms with van der Waals surface area (Å²) >= 11 is 0. The first-order chi connectivity index (χ1) is 7.11. The molecule has 0 spiro atoms. The number of nitrogens with one attached hydrogen (secondary N) is 1. The molecule has 1 amide bonds. The third-order valence-corrected chi connectivity index (χ3v) is 2.16. The van der Waals surface area contributed by atoms with Gasteiger partial charge in [-0.15, -0.1) is 0 Å². The first-order valence-corrected chi connectivity index (χ1v) is 4.92. The van der Waals surface area contributed by atoms with Crippen LogP contribution in [0.4, 0.5) is 10.1 Å². The molecule has 0 fully saturated rings. The van der Waals surface area contributed by atoms with Crippen LogP contribution in [0.15, 0.2) is 24.3 Å². The van der Waals surface area contributed by atoms with E-state index in [1.54, 1.807) is 12.1 Å². The number of halogens is 1. The monoisotopic (exact) mass is 210 g/mol. The highest BCUT2D eigenvalue weighted by atomic mass is 19.1. The lowest BCUT2D eigenvalue weighted by molar-refractivity contribution is -0.118. The summed E-state index contributed by atoms with van der Waals surface area (Å²) in [7, 11) is 0. The van der Waals surface area contributed by atoms with Gasteiger partial charge in [0.2, 0.25) is 5.91 Å². The minimum atomic E-state index is -0.337. The maximum Gasteiger partial charge on any atom is 0.219 e. The largest absolute Gasteiger partial charge is 0.382 e. The molecule has 0 heterocycles. The Morgan fingerprint density at radius 1 is 1.47 bits per heavy atom. The number of benzene rings is 1. The van der Waals surface area contributed by atoms with Crippen molar-refractivity contribution in [2.24, 2.45) is 5.73 Å². The number of carbonyl (C=O) groups excluding carboxylic acids is 1. The summed E-state index contributed by atoms with van der Waals surface area (Å²) in [5.74, 6) is -0.611. The van der Waals surface area contributed by atoms with Gasteiger partial charge in [0.05, 0.1) is 0 Å². The molecule has 3 N–H and O–H groups in total. The molecule has 0 radical (unpaired) electrons. The van der Waals surface area contributed by atoms with Gasteiger partial charge < -0.3 is 11.1 Å². The number of primary amides is 1. The van der Waals surface area contributed by atoms with E-state index in [-0.39, 0.29) is 24.2 Å². The Bertz CT molecular complexity index is 324. The van der Waals surface area contributed by atoms with Gasteiger partial charge in [-0.3, -0.25) is 4.79 Å². The van der Waals surface area contributed by atoms with Gasteiger partial charge in [0.15, 0.2) is 0 Å². The molecule has 0 aliphatic rings. The number of amides is 1. The summed E-state index contributed by atoms with van der Waals surface area (Å²) in [5, 5.41) is 3.12. The Balaban J connectivity index is 2.58. The molecular formula is C11H15FN2O. The molecule has 4 heteroatoms. The van der Waals surface area contributed by atoms with E-state index in [1.807, 2.05) is 6.92 Å². The van der Waals surface area contributed by atoms with E-state index in [9.17, 15) is 9.18 Å². The maximum absolute atomic E-state index is 12.6. The molecule has 0 aliphatic carbocycles. The molecule has 1 aromatic carbocycles. The predicted octanol–water partition coefficient (Wildman–Crippen LogP) is 1.89. The quantitative estimate of drug-likeness (QED) is 0.779. The van der Waals surface area contributed by atoms with E-state index < -0.39 is 0 Å². The maximum atomic E-state index is 12.6. The standard InChI is InChI=1S/C11H15FN2O/c1-2-9(7-11(13)15)14-10-5-3-8(12)4-6-10/h3-6,9,14H,2,7H2,1H3,(H2,13,15)/t9-/m1/s1. The SMILES string of the molecule is CC[C@H](CC(N)=O)Nc1ccc(F)cc1. The third-order valence-electron chi connectivity index (χ3n) is 2.16. The second kappa shape index (κ2) is 5.34. The van der Waals surface area contributed by atoms with Gasteiger partial charge in [0, 0.05) is 18.2 Å². The molecule has 0 bridgehead atoms. The van der Waals surface area contributed by atoms with Crippen LogP contribution in [0.5, 0.6) is 0 Å². The number of carbonyl (C=O) groups is 1. The van der Waals surface area contributed by atoms with Crippen molar-refractivity contribution in [3.8, 4) is 0 Å². The molecule has 15 heavy (non-hydrogen) atoms. The highest BCUT2D eigenvalue weighted by molar-refractivity contribution is 5.75. The van der Waals surface area contributed by atoms with Crippen LogP contribution in [0.3, 0.4) is 0 Å². The van der Waals surface area contributed by atoms with Gasteiger partial charge in [-0.25, -0.2) is 4.39 Å². The Morgan fingerprint density at radius 3 is 2.53 bits per heavy atom. The van der Waals surface area contributed by atoms with E-state index in [0.29, 0.717) is 0 Å². The van der Waals surface area contributed by atoms with E-state index in [1.165, 1.54) is 12.1 Å². The molecule has 1 atom stereocenters. The van der Waals surface area contributed by atoms with Crippen LogP contribution in [0.25, 0.3) is 0 Å². The zero-order valence-electron chi connectivity index (χ0n) is 8.66. The second-order valence-corrected chi connectivity index (χ2v) is 3.43. The van der Waals surface area contributed by atoms with Crippen LogP contribution in [-0.2, 0) is 4.79 Å². The average Bonchev–Trinajstić information content (AvgIpc) is 2.19. The molecule has 82 valence electrons. The lowest BCUT2D eigenvalue weighted by atomic mass is 10.1. The number of nitrogens with two attached hydrogens (primary N) is 1. The van der Waals surface area contributed by atoms with E-state index >= 15 is 0 Å². The average molecular weight is 210 g/mol. The van der Waals surface area contributed by atoms with Gasteiger partial charge in [-0.2, -0.15) is 0 Å². The van der Waals surface area contributed by atoms with Crippen LogP contribution in [0.2, 0.25) is 0 Å². The van der Waals surface area contributed by atoms with Crippen LogP contribution in [0.1, 0.15) is 19.8 Å². The van der Waals surface area contributed by atoms with Gasteiger partial charge in [-0.1, -0.05) is 6.92 Å². The third kappa shape index (κ3) is 3.97. The van der Waals surface area contributed by atoms with E-state index in [4.69, 9.17) is 5.73 Å².